The number of nitrogens with zero attached hydrogens (tertiary/aromatic N) is 1. The summed E-state index contributed by atoms with van der Waals surface area (Å²) in [5, 5.41) is 8.91. The molecule has 1 rings (SSSR count). The minimum Gasteiger partial charge on any atom is -0.480 e. The molecule has 0 unspecified atom stereocenters. The fourth-order valence-electron chi connectivity index (χ4n) is 1.49. The Bertz CT molecular complexity index is 549. The van der Waals surface area contributed by atoms with E-state index in [0.29, 0.717) is 4.90 Å². The van der Waals surface area contributed by atoms with Gasteiger partial charge < -0.3 is 10.0 Å². The number of carbonyl (C=O) groups is 2. The number of benzene rings is 1. The maximum absolute atomic E-state index is 12.2. The first-order chi connectivity index (χ1) is 9.60. The lowest BCUT2D eigenvalue weighted by molar-refractivity contribution is -0.143. The van der Waals surface area contributed by atoms with Crippen molar-refractivity contribution in [3.8, 4) is 0 Å². The standard InChI is InChI=1S/C12H10Cl2F3NO3/c13-8-2-1-7(5-9(8)14)11(21)18(6-10(19)20)4-3-12(15,16)17/h1-2,5H,3-4,6H2,(H,19,20). The summed E-state index contributed by atoms with van der Waals surface area (Å²) in [4.78, 5) is 23.3. The van der Waals surface area contributed by atoms with Crippen molar-refractivity contribution in [3.63, 3.8) is 0 Å². The molecule has 1 amide bonds. The second-order valence-corrected chi connectivity index (χ2v) is 4.93. The third-order valence-corrected chi connectivity index (χ3v) is 3.18. The highest BCUT2D eigenvalue weighted by molar-refractivity contribution is 6.42. The minimum absolute atomic E-state index is 0.0344. The molecule has 0 aromatic heterocycles. The number of hydrogen-bond acceptors (Lipinski definition) is 2. The van der Waals surface area contributed by atoms with E-state index in [1.165, 1.54) is 18.2 Å². The number of amides is 1. The molecule has 1 aromatic carbocycles. The topological polar surface area (TPSA) is 57.6 Å². The summed E-state index contributed by atoms with van der Waals surface area (Å²) in [5.41, 5.74) is -0.0344. The van der Waals surface area contributed by atoms with E-state index in [-0.39, 0.29) is 15.6 Å². The van der Waals surface area contributed by atoms with E-state index in [2.05, 4.69) is 0 Å². The molecule has 0 heterocycles. The van der Waals surface area contributed by atoms with Crippen LogP contribution in [0.5, 0.6) is 0 Å². The lowest BCUT2D eigenvalue weighted by Gasteiger charge is -2.21. The molecule has 0 atom stereocenters. The van der Waals surface area contributed by atoms with E-state index >= 15 is 0 Å². The number of carbonyl (C=O) groups excluding carboxylic acids is 1. The van der Waals surface area contributed by atoms with Gasteiger partial charge in [-0.25, -0.2) is 0 Å². The highest BCUT2D eigenvalue weighted by Gasteiger charge is 2.30. The molecular weight excluding hydrogens is 334 g/mol. The molecule has 0 aliphatic rings. The van der Waals surface area contributed by atoms with Crippen LogP contribution >= 0.6 is 23.2 Å². The Morgan fingerprint density at radius 1 is 1.19 bits per heavy atom. The van der Waals surface area contributed by atoms with Crippen molar-refractivity contribution in [2.24, 2.45) is 0 Å². The second kappa shape index (κ2) is 7.00. The maximum atomic E-state index is 12.2. The molecule has 9 heteroatoms. The van der Waals surface area contributed by atoms with Gasteiger partial charge in [0.15, 0.2) is 0 Å². The fraction of sp³-hybridized carbons (Fsp3) is 0.333. The molecule has 1 N–H and O–H groups in total. The Balaban J connectivity index is 2.93. The summed E-state index contributed by atoms with van der Waals surface area (Å²) in [7, 11) is 0. The van der Waals surface area contributed by atoms with Crippen molar-refractivity contribution < 1.29 is 27.9 Å². The normalized spacial score (nSPS) is 11.3. The van der Waals surface area contributed by atoms with Gasteiger partial charge in [0.2, 0.25) is 0 Å². The van der Waals surface area contributed by atoms with Crippen molar-refractivity contribution in [1.82, 2.24) is 4.90 Å². The first-order valence-corrected chi connectivity index (χ1v) is 6.38. The van der Waals surface area contributed by atoms with Gasteiger partial charge >= 0.3 is 12.1 Å². The molecule has 0 spiro atoms. The smallest absolute Gasteiger partial charge is 0.390 e. The van der Waals surface area contributed by atoms with Gasteiger partial charge in [0.05, 0.1) is 16.5 Å². The minimum atomic E-state index is -4.49. The average Bonchev–Trinajstić information content (AvgIpc) is 2.35. The van der Waals surface area contributed by atoms with Crippen LogP contribution in [-0.2, 0) is 4.79 Å². The molecule has 0 aliphatic carbocycles. The Morgan fingerprint density at radius 2 is 1.81 bits per heavy atom. The molecule has 0 radical (unpaired) electrons. The lowest BCUT2D eigenvalue weighted by Crippen LogP contribution is -2.38. The summed E-state index contributed by atoms with van der Waals surface area (Å²) in [5.74, 6) is -2.27. The number of carboxylic acid groups (broad SMARTS) is 1. The van der Waals surface area contributed by atoms with Crippen LogP contribution in [-0.4, -0.2) is 41.1 Å². The maximum Gasteiger partial charge on any atom is 0.390 e. The van der Waals surface area contributed by atoms with Crippen LogP contribution < -0.4 is 0 Å². The molecule has 0 saturated carbocycles. The lowest BCUT2D eigenvalue weighted by atomic mass is 10.2. The molecule has 0 aliphatic heterocycles. The second-order valence-electron chi connectivity index (χ2n) is 4.11. The van der Waals surface area contributed by atoms with E-state index < -0.39 is 37.6 Å². The highest BCUT2D eigenvalue weighted by atomic mass is 35.5. The number of carboxylic acids is 1. The van der Waals surface area contributed by atoms with Crippen molar-refractivity contribution >= 4 is 35.1 Å². The number of aliphatic carboxylic acids is 1. The Morgan fingerprint density at radius 3 is 2.29 bits per heavy atom. The molecule has 0 saturated heterocycles. The van der Waals surface area contributed by atoms with Crippen LogP contribution in [0.1, 0.15) is 16.8 Å². The van der Waals surface area contributed by atoms with Crippen LogP contribution in [0.25, 0.3) is 0 Å². The number of alkyl halides is 3. The van der Waals surface area contributed by atoms with E-state index in [1.54, 1.807) is 0 Å². The number of rotatable bonds is 5. The zero-order valence-electron chi connectivity index (χ0n) is 10.5. The molecule has 4 nitrogen and oxygen atoms in total. The van der Waals surface area contributed by atoms with Crippen molar-refractivity contribution in [2.75, 3.05) is 13.1 Å². The van der Waals surface area contributed by atoms with Crippen LogP contribution in [0.3, 0.4) is 0 Å². The van der Waals surface area contributed by atoms with Gasteiger partial charge in [0.1, 0.15) is 6.54 Å². The summed E-state index contributed by atoms with van der Waals surface area (Å²) < 4.78 is 36.6. The Kier molecular flexibility index (Phi) is 5.86. The van der Waals surface area contributed by atoms with E-state index in [1.807, 2.05) is 0 Å². The van der Waals surface area contributed by atoms with Crippen LogP contribution in [0.2, 0.25) is 10.0 Å². The molecule has 0 fully saturated rings. The van der Waals surface area contributed by atoms with Crippen LogP contribution in [0.4, 0.5) is 13.2 Å². The monoisotopic (exact) mass is 343 g/mol. The van der Waals surface area contributed by atoms with E-state index in [9.17, 15) is 22.8 Å². The predicted molar refractivity (Wildman–Crippen MR) is 70.7 cm³/mol. The van der Waals surface area contributed by atoms with Crippen LogP contribution in [0, 0.1) is 0 Å². The van der Waals surface area contributed by atoms with Gasteiger partial charge in [-0.05, 0) is 18.2 Å². The third kappa shape index (κ3) is 5.81. The van der Waals surface area contributed by atoms with E-state index in [4.69, 9.17) is 28.3 Å². The number of halogens is 5. The summed E-state index contributed by atoms with van der Waals surface area (Å²) in [6.45, 7) is -1.59. The Hall–Kier alpha value is -1.47. The SMILES string of the molecule is O=C(O)CN(CCC(F)(F)F)C(=O)c1ccc(Cl)c(Cl)c1. The van der Waals surface area contributed by atoms with Crippen molar-refractivity contribution in [1.29, 1.82) is 0 Å². The fourth-order valence-corrected chi connectivity index (χ4v) is 1.79. The van der Waals surface area contributed by atoms with Crippen molar-refractivity contribution in [2.45, 2.75) is 12.6 Å². The summed E-state index contributed by atoms with van der Waals surface area (Å²) in [6, 6.07) is 3.74. The average molecular weight is 344 g/mol. The zero-order chi connectivity index (χ0) is 16.2. The molecule has 116 valence electrons. The molecule has 1 aromatic rings. The first-order valence-electron chi connectivity index (χ1n) is 5.63. The van der Waals surface area contributed by atoms with Crippen molar-refractivity contribution in [3.05, 3.63) is 33.8 Å². The molecule has 21 heavy (non-hydrogen) atoms. The number of hydrogen-bond donors (Lipinski definition) is 1. The quantitative estimate of drug-likeness (QED) is 0.890. The summed E-state index contributed by atoms with van der Waals surface area (Å²) >= 11 is 11.4. The van der Waals surface area contributed by atoms with Gasteiger partial charge in [-0.3, -0.25) is 9.59 Å². The van der Waals surface area contributed by atoms with Gasteiger partial charge in [0, 0.05) is 12.1 Å². The van der Waals surface area contributed by atoms with E-state index in [0.717, 1.165) is 0 Å². The van der Waals surface area contributed by atoms with Crippen LogP contribution in [0.15, 0.2) is 18.2 Å². The molecular formula is C12H10Cl2F3NO3. The first kappa shape index (κ1) is 17.6. The van der Waals surface area contributed by atoms with Gasteiger partial charge in [-0.15, -0.1) is 0 Å². The highest BCUT2D eigenvalue weighted by Crippen LogP contribution is 2.24. The van der Waals surface area contributed by atoms with Gasteiger partial charge in [0.25, 0.3) is 5.91 Å². The Labute approximate surface area is 128 Å². The third-order valence-electron chi connectivity index (χ3n) is 2.45. The summed E-state index contributed by atoms with van der Waals surface area (Å²) in [6.07, 6.45) is -5.79. The largest absolute Gasteiger partial charge is 0.480 e. The molecule has 0 bridgehead atoms. The van der Waals surface area contributed by atoms with Gasteiger partial charge in [-0.2, -0.15) is 13.2 Å². The van der Waals surface area contributed by atoms with Gasteiger partial charge in [-0.1, -0.05) is 23.2 Å². The predicted octanol–water partition coefficient (Wildman–Crippen LogP) is 3.47. The zero-order valence-corrected chi connectivity index (χ0v) is 12.0.